The van der Waals surface area contributed by atoms with E-state index in [2.05, 4.69) is 26.1 Å². The molecule has 3 rings (SSSR count). The van der Waals surface area contributed by atoms with E-state index in [1.54, 1.807) is 7.11 Å². The van der Waals surface area contributed by atoms with Crippen LogP contribution in [0.2, 0.25) is 0 Å². The molecule has 6 heteroatoms. The van der Waals surface area contributed by atoms with E-state index in [0.29, 0.717) is 18.3 Å². The first kappa shape index (κ1) is 12.5. The van der Waals surface area contributed by atoms with E-state index in [0.717, 1.165) is 34.7 Å². The van der Waals surface area contributed by atoms with Crippen LogP contribution in [-0.4, -0.2) is 17.3 Å². The maximum Gasteiger partial charge on any atom is 0.229 e. The van der Waals surface area contributed by atoms with Gasteiger partial charge < -0.3 is 14.0 Å². The first-order chi connectivity index (χ1) is 9.26. The number of benzene rings is 1. The number of halogens is 1. The van der Waals surface area contributed by atoms with Crippen LogP contribution >= 0.6 is 15.9 Å². The summed E-state index contributed by atoms with van der Waals surface area (Å²) in [5.74, 6) is 3.26. The van der Waals surface area contributed by atoms with Crippen molar-refractivity contribution >= 4 is 15.9 Å². The van der Waals surface area contributed by atoms with E-state index in [-0.39, 0.29) is 0 Å². The summed E-state index contributed by atoms with van der Waals surface area (Å²) in [7, 11) is 1.63. The summed E-state index contributed by atoms with van der Waals surface area (Å²) in [6.07, 6.45) is 2.29. The first-order valence-electron chi connectivity index (χ1n) is 6.05. The first-order valence-corrected chi connectivity index (χ1v) is 6.84. The molecule has 0 bridgehead atoms. The van der Waals surface area contributed by atoms with Crippen LogP contribution in [-0.2, 0) is 6.61 Å². The molecule has 0 radical (unpaired) electrons. The number of nitrogens with zero attached hydrogens (tertiary/aromatic N) is 2. The minimum atomic E-state index is 0.293. The summed E-state index contributed by atoms with van der Waals surface area (Å²) < 4.78 is 16.8. The third kappa shape index (κ3) is 2.89. The number of ether oxygens (including phenoxy) is 2. The number of aromatic nitrogens is 2. The van der Waals surface area contributed by atoms with Crippen molar-refractivity contribution in [1.29, 1.82) is 0 Å². The average Bonchev–Trinajstić information content (AvgIpc) is 3.17. The van der Waals surface area contributed by atoms with Crippen LogP contribution in [0.3, 0.4) is 0 Å². The minimum Gasteiger partial charge on any atom is -0.497 e. The van der Waals surface area contributed by atoms with Crippen molar-refractivity contribution in [2.24, 2.45) is 0 Å². The molecule has 1 saturated carbocycles. The standard InChI is InChI=1S/C13H13BrN2O3/c1-17-9-4-5-11(10(14)6-9)18-7-12-15-13(19-16-12)8-2-3-8/h4-6,8H,2-3,7H2,1H3. The highest BCUT2D eigenvalue weighted by Gasteiger charge is 2.29. The van der Waals surface area contributed by atoms with Gasteiger partial charge in [-0.3, -0.25) is 0 Å². The summed E-state index contributed by atoms with van der Waals surface area (Å²) in [5, 5.41) is 3.90. The highest BCUT2D eigenvalue weighted by molar-refractivity contribution is 9.10. The van der Waals surface area contributed by atoms with Crippen LogP contribution in [0.15, 0.2) is 27.2 Å². The summed E-state index contributed by atoms with van der Waals surface area (Å²) in [5.41, 5.74) is 0. The molecular weight excluding hydrogens is 312 g/mol. The van der Waals surface area contributed by atoms with E-state index in [9.17, 15) is 0 Å². The molecule has 19 heavy (non-hydrogen) atoms. The van der Waals surface area contributed by atoms with Crippen LogP contribution < -0.4 is 9.47 Å². The van der Waals surface area contributed by atoms with Crippen LogP contribution in [0.5, 0.6) is 11.5 Å². The van der Waals surface area contributed by atoms with E-state index >= 15 is 0 Å². The second kappa shape index (κ2) is 5.21. The zero-order valence-electron chi connectivity index (χ0n) is 10.4. The lowest BCUT2D eigenvalue weighted by atomic mass is 10.3. The molecule has 2 aromatic rings. The quantitative estimate of drug-likeness (QED) is 0.844. The van der Waals surface area contributed by atoms with Gasteiger partial charge in [-0.05, 0) is 47.0 Å². The summed E-state index contributed by atoms with van der Waals surface area (Å²) >= 11 is 3.43. The largest absolute Gasteiger partial charge is 0.497 e. The summed E-state index contributed by atoms with van der Waals surface area (Å²) in [6, 6.07) is 5.53. The van der Waals surface area contributed by atoms with Gasteiger partial charge in [0.15, 0.2) is 6.61 Å². The van der Waals surface area contributed by atoms with Gasteiger partial charge in [-0.2, -0.15) is 4.98 Å². The number of hydrogen-bond donors (Lipinski definition) is 0. The topological polar surface area (TPSA) is 57.4 Å². The molecule has 0 atom stereocenters. The van der Waals surface area contributed by atoms with Crippen molar-refractivity contribution in [3.63, 3.8) is 0 Å². The fraction of sp³-hybridized carbons (Fsp3) is 0.385. The molecule has 1 heterocycles. The monoisotopic (exact) mass is 324 g/mol. The zero-order chi connectivity index (χ0) is 13.2. The summed E-state index contributed by atoms with van der Waals surface area (Å²) in [6.45, 7) is 0.293. The molecule has 5 nitrogen and oxygen atoms in total. The number of hydrogen-bond acceptors (Lipinski definition) is 5. The predicted molar refractivity (Wildman–Crippen MR) is 71.3 cm³/mol. The lowest BCUT2D eigenvalue weighted by Gasteiger charge is -2.07. The smallest absolute Gasteiger partial charge is 0.229 e. The second-order valence-electron chi connectivity index (χ2n) is 4.41. The molecule has 0 aliphatic heterocycles. The SMILES string of the molecule is COc1ccc(OCc2noc(C3CC3)n2)c(Br)c1. The van der Waals surface area contributed by atoms with E-state index in [1.165, 1.54) is 0 Å². The highest BCUT2D eigenvalue weighted by Crippen LogP contribution is 2.38. The lowest BCUT2D eigenvalue weighted by molar-refractivity contribution is 0.283. The molecule has 0 spiro atoms. The Balaban J connectivity index is 1.64. The average molecular weight is 325 g/mol. The molecule has 0 N–H and O–H groups in total. The third-order valence-corrected chi connectivity index (χ3v) is 3.53. The molecule has 1 aromatic heterocycles. The number of methoxy groups -OCH3 is 1. The highest BCUT2D eigenvalue weighted by atomic mass is 79.9. The molecule has 0 saturated heterocycles. The molecule has 0 unspecified atom stereocenters. The molecule has 1 fully saturated rings. The number of rotatable bonds is 5. The Morgan fingerprint density at radius 3 is 2.95 bits per heavy atom. The van der Waals surface area contributed by atoms with Crippen LogP contribution in [0.1, 0.15) is 30.5 Å². The lowest BCUT2D eigenvalue weighted by Crippen LogP contribution is -1.98. The summed E-state index contributed by atoms with van der Waals surface area (Å²) in [4.78, 5) is 4.31. The second-order valence-corrected chi connectivity index (χ2v) is 5.26. The van der Waals surface area contributed by atoms with E-state index < -0.39 is 0 Å². The Hall–Kier alpha value is -1.56. The molecule has 0 amide bonds. The van der Waals surface area contributed by atoms with Crippen molar-refractivity contribution in [3.8, 4) is 11.5 Å². The molecular formula is C13H13BrN2O3. The Morgan fingerprint density at radius 2 is 2.26 bits per heavy atom. The fourth-order valence-electron chi connectivity index (χ4n) is 1.69. The van der Waals surface area contributed by atoms with Gasteiger partial charge in [0, 0.05) is 5.92 Å². The van der Waals surface area contributed by atoms with Gasteiger partial charge in [0.2, 0.25) is 11.7 Å². The van der Waals surface area contributed by atoms with Gasteiger partial charge in [-0.1, -0.05) is 5.16 Å². The molecule has 100 valence electrons. The van der Waals surface area contributed by atoms with Gasteiger partial charge in [-0.25, -0.2) is 0 Å². The molecule has 1 aliphatic rings. The minimum absolute atomic E-state index is 0.293. The molecule has 1 aromatic carbocycles. The van der Waals surface area contributed by atoms with Crippen molar-refractivity contribution < 1.29 is 14.0 Å². The normalized spacial score (nSPS) is 14.4. The predicted octanol–water partition coefficient (Wildman–Crippen LogP) is 3.30. The van der Waals surface area contributed by atoms with Gasteiger partial charge in [0.25, 0.3) is 0 Å². The van der Waals surface area contributed by atoms with Gasteiger partial charge in [0.05, 0.1) is 11.6 Å². The van der Waals surface area contributed by atoms with Crippen LogP contribution in [0.4, 0.5) is 0 Å². The Kier molecular flexibility index (Phi) is 3.42. The van der Waals surface area contributed by atoms with Crippen molar-refractivity contribution in [2.45, 2.75) is 25.4 Å². The fourth-order valence-corrected chi connectivity index (χ4v) is 2.16. The maximum atomic E-state index is 5.65. The van der Waals surface area contributed by atoms with Gasteiger partial charge in [0.1, 0.15) is 11.5 Å². The molecule has 1 aliphatic carbocycles. The Morgan fingerprint density at radius 1 is 1.42 bits per heavy atom. The van der Waals surface area contributed by atoms with E-state index in [4.69, 9.17) is 14.0 Å². The van der Waals surface area contributed by atoms with Crippen molar-refractivity contribution in [3.05, 3.63) is 34.4 Å². The Bertz CT molecular complexity index is 581. The van der Waals surface area contributed by atoms with Gasteiger partial charge in [-0.15, -0.1) is 0 Å². The third-order valence-electron chi connectivity index (χ3n) is 2.91. The van der Waals surface area contributed by atoms with Crippen molar-refractivity contribution in [1.82, 2.24) is 10.1 Å². The van der Waals surface area contributed by atoms with Crippen LogP contribution in [0, 0.1) is 0 Å². The van der Waals surface area contributed by atoms with Crippen LogP contribution in [0.25, 0.3) is 0 Å². The Labute approximate surface area is 119 Å². The maximum absolute atomic E-state index is 5.65. The van der Waals surface area contributed by atoms with Gasteiger partial charge >= 0.3 is 0 Å². The van der Waals surface area contributed by atoms with Crippen molar-refractivity contribution in [2.75, 3.05) is 7.11 Å². The zero-order valence-corrected chi connectivity index (χ0v) is 12.0. The van der Waals surface area contributed by atoms with E-state index in [1.807, 2.05) is 18.2 Å².